The van der Waals surface area contributed by atoms with Crippen LogP contribution in [0.4, 0.5) is 5.69 Å². The number of fused-ring (bicyclic) bond motifs is 1. The van der Waals surface area contributed by atoms with Crippen molar-refractivity contribution in [3.05, 3.63) is 48.0 Å². The largest absolute Gasteiger partial charge is 0.347 e. The van der Waals surface area contributed by atoms with Crippen molar-refractivity contribution in [2.75, 3.05) is 5.32 Å². The van der Waals surface area contributed by atoms with Gasteiger partial charge in [-0.15, -0.1) is 0 Å². The Balaban J connectivity index is 1.04. The number of nitrogens with zero attached hydrogens (tertiary/aromatic N) is 1. The lowest BCUT2D eigenvalue weighted by Gasteiger charge is -2.56. The zero-order chi connectivity index (χ0) is 25.0. The third kappa shape index (κ3) is 4.45. The maximum atomic E-state index is 13.2. The number of carbonyl (C=O) groups excluding carboxylic acids is 2. The molecule has 2 aromatic carbocycles. The standard InChI is InChI=1S/C31H36N4O2/c36-29(23-4-2-1-3-5-23)32-25-10-11-26-27(15-25)34-28(33-26)22-6-8-24(9-7-22)30(37)35-31-16-19-12-20(17-31)14-21(13-19)18-31/h6-11,15,19-21,23H,1-5,12-14,16-18H2,(H,32,36)(H,33,34)(H,35,37). The highest BCUT2D eigenvalue weighted by atomic mass is 16.2. The van der Waals surface area contributed by atoms with Gasteiger partial charge >= 0.3 is 0 Å². The summed E-state index contributed by atoms with van der Waals surface area (Å²) in [6.07, 6.45) is 13.1. The number of aromatic amines is 1. The number of amides is 2. The smallest absolute Gasteiger partial charge is 0.251 e. The molecule has 192 valence electrons. The van der Waals surface area contributed by atoms with Gasteiger partial charge in [0.2, 0.25) is 5.91 Å². The first-order valence-corrected chi connectivity index (χ1v) is 14.3. The van der Waals surface area contributed by atoms with Crippen LogP contribution in [0, 0.1) is 23.7 Å². The van der Waals surface area contributed by atoms with Crippen molar-refractivity contribution < 1.29 is 9.59 Å². The molecule has 4 bridgehead atoms. The third-order valence-corrected chi connectivity index (χ3v) is 9.56. The number of aromatic nitrogens is 2. The van der Waals surface area contributed by atoms with Gasteiger partial charge < -0.3 is 15.6 Å². The molecule has 1 heterocycles. The van der Waals surface area contributed by atoms with Gasteiger partial charge in [0.25, 0.3) is 5.91 Å². The molecule has 0 radical (unpaired) electrons. The summed E-state index contributed by atoms with van der Waals surface area (Å²) in [7, 11) is 0. The summed E-state index contributed by atoms with van der Waals surface area (Å²) < 4.78 is 0. The quantitative estimate of drug-likeness (QED) is 0.379. The number of hydrogen-bond donors (Lipinski definition) is 3. The molecule has 3 aromatic rings. The zero-order valence-corrected chi connectivity index (χ0v) is 21.4. The Hall–Kier alpha value is -3.15. The highest BCUT2D eigenvalue weighted by molar-refractivity contribution is 5.96. The van der Waals surface area contributed by atoms with Gasteiger partial charge in [0.05, 0.1) is 11.0 Å². The van der Waals surface area contributed by atoms with E-state index in [2.05, 4.69) is 15.6 Å². The summed E-state index contributed by atoms with van der Waals surface area (Å²) in [5, 5.41) is 6.57. The van der Waals surface area contributed by atoms with Gasteiger partial charge in [-0.1, -0.05) is 31.4 Å². The number of carbonyl (C=O) groups is 2. The Morgan fingerprint density at radius 1 is 0.865 bits per heavy atom. The maximum absolute atomic E-state index is 13.2. The molecule has 5 aliphatic carbocycles. The lowest BCUT2D eigenvalue weighted by atomic mass is 9.53. The predicted octanol–water partition coefficient (Wildman–Crippen LogP) is 6.45. The van der Waals surface area contributed by atoms with Crippen LogP contribution < -0.4 is 10.6 Å². The Bertz CT molecular complexity index is 1300. The number of benzene rings is 2. The zero-order valence-electron chi connectivity index (χ0n) is 21.4. The molecule has 5 fully saturated rings. The molecule has 0 saturated heterocycles. The van der Waals surface area contributed by atoms with Gasteiger partial charge in [0.15, 0.2) is 0 Å². The van der Waals surface area contributed by atoms with Crippen molar-refractivity contribution in [3.63, 3.8) is 0 Å². The molecule has 6 nitrogen and oxygen atoms in total. The molecule has 2 amide bonds. The van der Waals surface area contributed by atoms with Crippen LogP contribution >= 0.6 is 0 Å². The predicted molar refractivity (Wildman–Crippen MR) is 145 cm³/mol. The first-order valence-electron chi connectivity index (χ1n) is 14.3. The Morgan fingerprint density at radius 2 is 1.54 bits per heavy atom. The van der Waals surface area contributed by atoms with Gasteiger partial charge in [-0.3, -0.25) is 9.59 Å². The molecule has 3 N–H and O–H groups in total. The molecule has 6 heteroatoms. The van der Waals surface area contributed by atoms with Crippen molar-refractivity contribution in [2.45, 2.75) is 76.2 Å². The fourth-order valence-corrected chi connectivity index (χ4v) is 8.19. The minimum atomic E-state index is 0.0212. The van der Waals surface area contributed by atoms with Crippen molar-refractivity contribution >= 4 is 28.5 Å². The monoisotopic (exact) mass is 496 g/mol. The molecule has 0 aliphatic heterocycles. The van der Waals surface area contributed by atoms with Gasteiger partial charge in [-0.2, -0.15) is 0 Å². The molecule has 0 spiro atoms. The van der Waals surface area contributed by atoms with Gasteiger partial charge in [-0.25, -0.2) is 4.98 Å². The highest BCUT2D eigenvalue weighted by Gasteiger charge is 2.51. The van der Waals surface area contributed by atoms with Crippen LogP contribution in [0.3, 0.4) is 0 Å². The van der Waals surface area contributed by atoms with E-state index < -0.39 is 0 Å². The molecular formula is C31H36N4O2. The second-order valence-electron chi connectivity index (χ2n) is 12.4. The van der Waals surface area contributed by atoms with E-state index in [0.717, 1.165) is 90.8 Å². The molecule has 37 heavy (non-hydrogen) atoms. The first kappa shape index (κ1) is 23.0. The number of hydrogen-bond acceptors (Lipinski definition) is 3. The lowest BCUT2D eigenvalue weighted by molar-refractivity contribution is -0.120. The van der Waals surface area contributed by atoms with Crippen molar-refractivity contribution in [2.24, 2.45) is 23.7 Å². The van der Waals surface area contributed by atoms with Crippen LogP contribution in [0.1, 0.15) is 81.0 Å². The Labute approximate surface area is 218 Å². The Kier molecular flexibility index (Phi) is 5.60. The third-order valence-electron chi connectivity index (χ3n) is 9.56. The number of nitrogens with one attached hydrogen (secondary N) is 3. The minimum absolute atomic E-state index is 0.0212. The normalized spacial score (nSPS) is 28.9. The molecular weight excluding hydrogens is 460 g/mol. The van der Waals surface area contributed by atoms with Crippen LogP contribution in [-0.4, -0.2) is 27.3 Å². The minimum Gasteiger partial charge on any atom is -0.347 e. The van der Waals surface area contributed by atoms with E-state index in [4.69, 9.17) is 4.98 Å². The average Bonchev–Trinajstić information content (AvgIpc) is 3.32. The number of anilines is 1. The summed E-state index contributed by atoms with van der Waals surface area (Å²) >= 11 is 0. The van der Waals surface area contributed by atoms with Crippen molar-refractivity contribution in [1.29, 1.82) is 0 Å². The van der Waals surface area contributed by atoms with Gasteiger partial charge in [-0.05, 0) is 99.5 Å². The van der Waals surface area contributed by atoms with Crippen molar-refractivity contribution in [1.82, 2.24) is 15.3 Å². The van der Waals surface area contributed by atoms with Crippen LogP contribution in [0.25, 0.3) is 22.4 Å². The molecule has 0 unspecified atom stereocenters. The first-order chi connectivity index (χ1) is 18.0. The van der Waals surface area contributed by atoms with Crippen LogP contribution in [-0.2, 0) is 4.79 Å². The van der Waals surface area contributed by atoms with E-state index in [1.165, 1.54) is 25.7 Å². The lowest BCUT2D eigenvalue weighted by Crippen LogP contribution is -2.59. The van der Waals surface area contributed by atoms with Crippen molar-refractivity contribution in [3.8, 4) is 11.4 Å². The summed E-state index contributed by atoms with van der Waals surface area (Å²) in [5.41, 5.74) is 4.22. The Morgan fingerprint density at radius 3 is 2.22 bits per heavy atom. The second-order valence-corrected chi connectivity index (χ2v) is 12.4. The van der Waals surface area contributed by atoms with E-state index in [-0.39, 0.29) is 23.3 Å². The summed E-state index contributed by atoms with van der Waals surface area (Å²) in [6, 6.07) is 13.6. The second kappa shape index (κ2) is 9.00. The summed E-state index contributed by atoms with van der Waals surface area (Å²) in [5.74, 6) is 3.49. The van der Waals surface area contributed by atoms with E-state index in [1.54, 1.807) is 0 Å². The van der Waals surface area contributed by atoms with E-state index in [0.29, 0.717) is 5.56 Å². The molecule has 5 aliphatic rings. The summed E-state index contributed by atoms with van der Waals surface area (Å²) in [4.78, 5) is 34.0. The average molecular weight is 497 g/mol. The van der Waals surface area contributed by atoms with Gasteiger partial charge in [0.1, 0.15) is 5.82 Å². The summed E-state index contributed by atoms with van der Waals surface area (Å²) in [6.45, 7) is 0. The van der Waals surface area contributed by atoms with Crippen LogP contribution in [0.5, 0.6) is 0 Å². The van der Waals surface area contributed by atoms with Crippen LogP contribution in [0.15, 0.2) is 42.5 Å². The number of H-pyrrole nitrogens is 1. The van der Waals surface area contributed by atoms with E-state index in [1.807, 2.05) is 42.5 Å². The number of imidazole rings is 1. The maximum Gasteiger partial charge on any atom is 0.251 e. The molecule has 0 atom stereocenters. The van der Waals surface area contributed by atoms with E-state index in [9.17, 15) is 9.59 Å². The fourth-order valence-electron chi connectivity index (χ4n) is 8.19. The van der Waals surface area contributed by atoms with Crippen LogP contribution in [0.2, 0.25) is 0 Å². The van der Waals surface area contributed by atoms with Gasteiger partial charge in [0, 0.05) is 28.3 Å². The topological polar surface area (TPSA) is 86.9 Å². The SMILES string of the molecule is O=C(NC12CC3CC(CC(C3)C1)C2)c1ccc(-c2nc3ccc(NC(=O)C4CCCCC4)cc3[nH]2)cc1. The highest BCUT2D eigenvalue weighted by Crippen LogP contribution is 2.55. The molecule has 1 aromatic heterocycles. The molecule has 5 saturated carbocycles. The van der Waals surface area contributed by atoms with E-state index >= 15 is 0 Å². The number of rotatable bonds is 5. The molecule has 8 rings (SSSR count). The fraction of sp³-hybridized carbons (Fsp3) is 0.516.